The predicted octanol–water partition coefficient (Wildman–Crippen LogP) is 5.33. The van der Waals surface area contributed by atoms with Crippen LogP contribution in [0.25, 0.3) is 20.8 Å². The Hall–Kier alpha value is -2.77. The lowest BCUT2D eigenvalue weighted by atomic mass is 10.1. The highest BCUT2D eigenvalue weighted by Gasteiger charge is 2.16. The number of carbonyl (C=O) groups is 1. The van der Waals surface area contributed by atoms with Crippen molar-refractivity contribution in [2.75, 3.05) is 7.11 Å². The topological polar surface area (TPSA) is 61.3 Å². The molecule has 0 spiro atoms. The molecule has 0 saturated carbocycles. The van der Waals surface area contributed by atoms with E-state index in [0.29, 0.717) is 0 Å². The van der Waals surface area contributed by atoms with Gasteiger partial charge in [0.05, 0.1) is 40.5 Å². The van der Waals surface area contributed by atoms with Crippen molar-refractivity contribution in [2.24, 2.45) is 0 Å². The molecule has 0 bridgehead atoms. The number of aromatic nitrogens is 2. The van der Waals surface area contributed by atoms with E-state index in [2.05, 4.69) is 9.97 Å². The maximum Gasteiger partial charge on any atom is 0.311 e. The van der Waals surface area contributed by atoms with Gasteiger partial charge in [0.25, 0.3) is 0 Å². The average molecular weight is 425 g/mol. The summed E-state index contributed by atoms with van der Waals surface area (Å²) in [5.41, 5.74) is 6.64. The molecule has 0 amide bonds. The number of thiazole rings is 2. The molecule has 29 heavy (non-hydrogen) atoms. The minimum atomic E-state index is -0.261. The lowest BCUT2D eigenvalue weighted by molar-refractivity contribution is -0.144. The quantitative estimate of drug-likeness (QED) is 0.392. The third-order valence-corrected chi connectivity index (χ3v) is 6.56. The molecule has 0 radical (unpaired) electrons. The summed E-state index contributed by atoms with van der Waals surface area (Å²) in [4.78, 5) is 22.2. The van der Waals surface area contributed by atoms with Crippen LogP contribution in [0.1, 0.15) is 21.7 Å². The van der Waals surface area contributed by atoms with Gasteiger partial charge in [-0.3, -0.25) is 4.79 Å². The monoisotopic (exact) mass is 424 g/mol. The Morgan fingerprint density at radius 1 is 1.14 bits per heavy atom. The standard InChI is InChI=1S/C22H20N2O3S2/c1-13-4-6-16(18(8-13)26-3)22-24-14(2)19(29-22)10-21(25)27-11-15-5-7-17-20(9-15)28-12-23-17/h4-9,12H,10-11H2,1-3H3. The van der Waals surface area contributed by atoms with E-state index in [1.165, 1.54) is 11.3 Å². The van der Waals surface area contributed by atoms with Crippen LogP contribution >= 0.6 is 22.7 Å². The minimum absolute atomic E-state index is 0.209. The van der Waals surface area contributed by atoms with E-state index >= 15 is 0 Å². The van der Waals surface area contributed by atoms with Gasteiger partial charge in [-0.2, -0.15) is 0 Å². The SMILES string of the molecule is COc1cc(C)ccc1-c1nc(C)c(CC(=O)OCc2ccc3ncsc3c2)s1. The summed E-state index contributed by atoms with van der Waals surface area (Å²) in [7, 11) is 1.65. The molecule has 0 aliphatic carbocycles. The fraction of sp³-hybridized carbons (Fsp3) is 0.227. The smallest absolute Gasteiger partial charge is 0.311 e. The molecule has 148 valence electrons. The molecule has 0 N–H and O–H groups in total. The first-order valence-corrected chi connectivity index (χ1v) is 10.8. The van der Waals surface area contributed by atoms with Crippen molar-refractivity contribution in [2.45, 2.75) is 26.9 Å². The highest BCUT2D eigenvalue weighted by molar-refractivity contribution is 7.16. The fourth-order valence-electron chi connectivity index (χ4n) is 3.02. The number of nitrogens with zero attached hydrogens (tertiary/aromatic N) is 2. The normalized spacial score (nSPS) is 11.0. The van der Waals surface area contributed by atoms with E-state index in [-0.39, 0.29) is 19.0 Å². The van der Waals surface area contributed by atoms with Gasteiger partial charge in [-0.05, 0) is 49.2 Å². The Morgan fingerprint density at radius 3 is 2.83 bits per heavy atom. The second-order valence-corrected chi connectivity index (χ2v) is 8.69. The molecule has 4 aromatic rings. The first kappa shape index (κ1) is 19.5. The van der Waals surface area contributed by atoms with Crippen molar-refractivity contribution in [3.8, 4) is 16.3 Å². The predicted molar refractivity (Wildman–Crippen MR) is 117 cm³/mol. The van der Waals surface area contributed by atoms with Crippen molar-refractivity contribution in [3.05, 3.63) is 63.6 Å². The van der Waals surface area contributed by atoms with Gasteiger partial charge in [-0.25, -0.2) is 9.97 Å². The average Bonchev–Trinajstić information content (AvgIpc) is 3.32. The van der Waals surface area contributed by atoms with E-state index in [9.17, 15) is 4.79 Å². The summed E-state index contributed by atoms with van der Waals surface area (Å²) < 4.78 is 12.1. The van der Waals surface area contributed by atoms with Crippen LogP contribution in [-0.4, -0.2) is 23.0 Å². The molecule has 0 aliphatic rings. The number of hydrogen-bond donors (Lipinski definition) is 0. The first-order valence-electron chi connectivity index (χ1n) is 9.12. The molecule has 0 atom stereocenters. The summed E-state index contributed by atoms with van der Waals surface area (Å²) in [5, 5.41) is 0.845. The molecule has 0 fully saturated rings. The van der Waals surface area contributed by atoms with E-state index < -0.39 is 0 Å². The number of ether oxygens (including phenoxy) is 2. The van der Waals surface area contributed by atoms with Crippen LogP contribution in [0.3, 0.4) is 0 Å². The van der Waals surface area contributed by atoms with Crippen LogP contribution in [0.5, 0.6) is 5.75 Å². The van der Waals surface area contributed by atoms with Crippen LogP contribution in [0, 0.1) is 13.8 Å². The second kappa shape index (κ2) is 8.31. The Balaban J connectivity index is 1.44. The first-order chi connectivity index (χ1) is 14.0. The number of fused-ring (bicyclic) bond motifs is 1. The molecule has 2 aromatic heterocycles. The second-order valence-electron chi connectivity index (χ2n) is 6.72. The number of hydrogen-bond acceptors (Lipinski definition) is 7. The van der Waals surface area contributed by atoms with Crippen molar-refractivity contribution >= 4 is 38.9 Å². The van der Waals surface area contributed by atoms with Crippen LogP contribution in [0.2, 0.25) is 0 Å². The Kier molecular flexibility index (Phi) is 5.60. The van der Waals surface area contributed by atoms with Crippen molar-refractivity contribution in [3.63, 3.8) is 0 Å². The molecule has 2 aromatic carbocycles. The van der Waals surface area contributed by atoms with Gasteiger partial charge in [-0.15, -0.1) is 22.7 Å². The summed E-state index contributed by atoms with van der Waals surface area (Å²) in [6.07, 6.45) is 0.209. The fourth-order valence-corrected chi connectivity index (χ4v) is 4.84. The molecule has 2 heterocycles. The van der Waals surface area contributed by atoms with Crippen LogP contribution < -0.4 is 4.74 Å². The number of benzene rings is 2. The molecular formula is C22H20N2O3S2. The Bertz CT molecular complexity index is 1180. The van der Waals surface area contributed by atoms with Crippen LogP contribution in [-0.2, 0) is 22.6 Å². The molecule has 7 heteroatoms. The minimum Gasteiger partial charge on any atom is -0.496 e. The summed E-state index contributed by atoms with van der Waals surface area (Å²) in [6, 6.07) is 11.9. The molecule has 5 nitrogen and oxygen atoms in total. The van der Waals surface area contributed by atoms with Crippen molar-refractivity contribution < 1.29 is 14.3 Å². The van der Waals surface area contributed by atoms with Gasteiger partial charge in [0, 0.05) is 4.88 Å². The highest BCUT2D eigenvalue weighted by atomic mass is 32.1. The zero-order valence-corrected chi connectivity index (χ0v) is 18.0. The largest absolute Gasteiger partial charge is 0.496 e. The molecular weight excluding hydrogens is 404 g/mol. The number of esters is 1. The van der Waals surface area contributed by atoms with E-state index in [1.54, 1.807) is 18.4 Å². The van der Waals surface area contributed by atoms with Crippen LogP contribution in [0.4, 0.5) is 0 Å². The third-order valence-electron chi connectivity index (χ3n) is 4.58. The van der Waals surface area contributed by atoms with E-state index in [4.69, 9.17) is 9.47 Å². The number of rotatable bonds is 6. The maximum absolute atomic E-state index is 12.4. The van der Waals surface area contributed by atoms with Crippen molar-refractivity contribution in [1.82, 2.24) is 9.97 Å². The molecule has 0 unspecified atom stereocenters. The zero-order valence-electron chi connectivity index (χ0n) is 16.4. The summed E-state index contributed by atoms with van der Waals surface area (Å²) in [5.74, 6) is 0.523. The third kappa shape index (κ3) is 4.31. The van der Waals surface area contributed by atoms with Crippen LogP contribution in [0.15, 0.2) is 41.9 Å². The van der Waals surface area contributed by atoms with Gasteiger partial charge in [0.1, 0.15) is 17.4 Å². The maximum atomic E-state index is 12.4. The van der Waals surface area contributed by atoms with Gasteiger partial charge >= 0.3 is 5.97 Å². The number of carbonyl (C=O) groups excluding carboxylic acids is 1. The lowest BCUT2D eigenvalue weighted by Gasteiger charge is -2.06. The van der Waals surface area contributed by atoms with Gasteiger partial charge in [0.2, 0.25) is 0 Å². The van der Waals surface area contributed by atoms with Gasteiger partial charge in [0.15, 0.2) is 0 Å². The Labute approximate surface area is 177 Å². The lowest BCUT2D eigenvalue weighted by Crippen LogP contribution is -2.07. The molecule has 0 saturated heterocycles. The van der Waals surface area contributed by atoms with E-state index in [0.717, 1.165) is 48.2 Å². The Morgan fingerprint density at radius 2 is 2.00 bits per heavy atom. The number of methoxy groups -OCH3 is 1. The van der Waals surface area contributed by atoms with Gasteiger partial charge in [-0.1, -0.05) is 12.1 Å². The summed E-state index contributed by atoms with van der Waals surface area (Å²) >= 11 is 3.08. The number of aryl methyl sites for hydroxylation is 2. The molecule has 0 aliphatic heterocycles. The highest BCUT2D eigenvalue weighted by Crippen LogP contribution is 2.35. The van der Waals surface area contributed by atoms with Crippen molar-refractivity contribution in [1.29, 1.82) is 0 Å². The summed E-state index contributed by atoms with van der Waals surface area (Å²) in [6.45, 7) is 4.19. The van der Waals surface area contributed by atoms with Gasteiger partial charge < -0.3 is 9.47 Å². The molecule has 4 rings (SSSR count). The zero-order chi connectivity index (χ0) is 20.4. The van der Waals surface area contributed by atoms with E-state index in [1.807, 2.05) is 55.8 Å².